The molecule has 0 atom stereocenters. The van der Waals surface area contributed by atoms with Gasteiger partial charge in [-0.1, -0.05) is 53.8 Å². The molecule has 4 aromatic rings. The molecule has 0 spiro atoms. The Bertz CT molecular complexity index is 1190. The van der Waals surface area contributed by atoms with Crippen LogP contribution < -0.4 is 14.8 Å². The Morgan fingerprint density at radius 3 is 2.69 bits per heavy atom. The summed E-state index contributed by atoms with van der Waals surface area (Å²) >= 11 is 1.33. The van der Waals surface area contributed by atoms with E-state index in [2.05, 4.69) is 10.2 Å². The summed E-state index contributed by atoms with van der Waals surface area (Å²) in [7, 11) is 0. The van der Waals surface area contributed by atoms with Crippen molar-refractivity contribution in [3.63, 3.8) is 0 Å². The van der Waals surface area contributed by atoms with Crippen LogP contribution in [0.3, 0.4) is 0 Å². The van der Waals surface area contributed by atoms with Gasteiger partial charge in [0.15, 0.2) is 5.82 Å². The number of nitrogens with zero attached hydrogens (tertiary/aromatic N) is 3. The van der Waals surface area contributed by atoms with Crippen LogP contribution in [0.2, 0.25) is 0 Å². The normalized spacial score (nSPS) is 12.0. The zero-order valence-electron chi connectivity index (χ0n) is 14.5. The van der Waals surface area contributed by atoms with Crippen molar-refractivity contribution in [2.24, 2.45) is 0 Å². The van der Waals surface area contributed by atoms with Gasteiger partial charge in [-0.2, -0.15) is 0 Å². The third-order valence-corrected chi connectivity index (χ3v) is 5.10. The van der Waals surface area contributed by atoms with Gasteiger partial charge >= 0.3 is 0 Å². The number of benzene rings is 2. The third kappa shape index (κ3) is 2.78. The summed E-state index contributed by atoms with van der Waals surface area (Å²) in [5.74, 6) is 1.34. The van der Waals surface area contributed by atoms with Gasteiger partial charge in [0, 0.05) is 11.1 Å². The van der Waals surface area contributed by atoms with E-state index in [-0.39, 0.29) is 5.56 Å². The van der Waals surface area contributed by atoms with Crippen molar-refractivity contribution in [2.45, 2.75) is 13.8 Å². The molecule has 0 aliphatic rings. The summed E-state index contributed by atoms with van der Waals surface area (Å²) in [5.41, 5.74) is 2.73. The summed E-state index contributed by atoms with van der Waals surface area (Å²) in [6.07, 6.45) is 1.86. The Labute approximate surface area is 154 Å². The number of ether oxygens (including phenoxy) is 1. The smallest absolute Gasteiger partial charge is 0.276 e. The Hall–Kier alpha value is -2.99. The molecule has 4 rings (SSSR count). The highest BCUT2D eigenvalue weighted by Gasteiger charge is 2.15. The number of rotatable bonds is 4. The first-order chi connectivity index (χ1) is 12.7. The predicted molar refractivity (Wildman–Crippen MR) is 104 cm³/mol. The maximum Gasteiger partial charge on any atom is 0.276 e. The summed E-state index contributed by atoms with van der Waals surface area (Å²) in [6.45, 7) is 4.51. The quantitative estimate of drug-likeness (QED) is 0.559. The second-order valence-corrected chi connectivity index (χ2v) is 6.85. The molecular weight excluding hydrogens is 346 g/mol. The fourth-order valence-corrected chi connectivity index (χ4v) is 3.79. The topological polar surface area (TPSA) is 56.5 Å². The first-order valence-corrected chi connectivity index (χ1v) is 9.18. The standard InChI is InChI=1S/C20H17N3O2S/c1-3-25-16-11-7-5-9-14(16)12-17-19(24)23-18(21-22-20(23)26-17)15-10-6-4-8-13(15)2/h4-12H,3H2,1-2H3/b17-12-. The summed E-state index contributed by atoms with van der Waals surface area (Å²) < 4.78 is 7.84. The van der Waals surface area contributed by atoms with Gasteiger partial charge in [-0.05, 0) is 31.6 Å². The Balaban J connectivity index is 1.91. The zero-order chi connectivity index (χ0) is 18.1. The van der Waals surface area contributed by atoms with Crippen molar-refractivity contribution >= 4 is 22.4 Å². The predicted octanol–water partition coefficient (Wildman–Crippen LogP) is 3.07. The van der Waals surface area contributed by atoms with Crippen molar-refractivity contribution in [1.29, 1.82) is 0 Å². The Morgan fingerprint density at radius 2 is 1.88 bits per heavy atom. The van der Waals surface area contributed by atoms with Crippen molar-refractivity contribution in [3.05, 3.63) is 74.5 Å². The molecule has 0 aliphatic heterocycles. The van der Waals surface area contributed by atoms with Gasteiger partial charge in [0.05, 0.1) is 11.1 Å². The molecule has 5 nitrogen and oxygen atoms in total. The summed E-state index contributed by atoms with van der Waals surface area (Å²) in [4.78, 5) is 13.6. The van der Waals surface area contributed by atoms with E-state index in [9.17, 15) is 4.79 Å². The molecule has 6 heteroatoms. The van der Waals surface area contributed by atoms with Crippen LogP contribution in [-0.4, -0.2) is 21.2 Å². The fraction of sp³-hybridized carbons (Fsp3) is 0.150. The van der Waals surface area contributed by atoms with Gasteiger partial charge in [0.25, 0.3) is 5.56 Å². The molecule has 0 unspecified atom stereocenters. The Morgan fingerprint density at radius 1 is 1.12 bits per heavy atom. The van der Waals surface area contributed by atoms with Crippen LogP contribution in [0.4, 0.5) is 0 Å². The monoisotopic (exact) mass is 363 g/mol. The average Bonchev–Trinajstić information content (AvgIpc) is 3.18. The van der Waals surface area contributed by atoms with Crippen molar-refractivity contribution in [2.75, 3.05) is 6.61 Å². The molecule has 2 heterocycles. The third-order valence-electron chi connectivity index (χ3n) is 4.14. The molecule has 0 saturated carbocycles. The first kappa shape index (κ1) is 16.5. The van der Waals surface area contributed by atoms with Gasteiger partial charge < -0.3 is 4.74 Å². The lowest BCUT2D eigenvalue weighted by molar-refractivity contribution is 0.339. The minimum Gasteiger partial charge on any atom is -0.493 e. The lowest BCUT2D eigenvalue weighted by Gasteiger charge is -2.05. The van der Waals surface area contributed by atoms with Crippen LogP contribution >= 0.6 is 11.3 Å². The molecule has 0 saturated heterocycles. The number of para-hydroxylation sites is 1. The molecule has 2 aromatic heterocycles. The van der Waals surface area contributed by atoms with E-state index < -0.39 is 0 Å². The zero-order valence-corrected chi connectivity index (χ0v) is 15.3. The molecule has 130 valence electrons. The average molecular weight is 363 g/mol. The molecule has 0 aliphatic carbocycles. The second kappa shape index (κ2) is 6.72. The largest absolute Gasteiger partial charge is 0.493 e. The minimum absolute atomic E-state index is 0.112. The van der Waals surface area contributed by atoms with Crippen molar-refractivity contribution < 1.29 is 4.74 Å². The molecule has 0 N–H and O–H groups in total. The number of thiazole rings is 1. The number of aromatic nitrogens is 3. The molecule has 0 amide bonds. The lowest BCUT2D eigenvalue weighted by Crippen LogP contribution is -2.23. The van der Waals surface area contributed by atoms with Gasteiger partial charge in [0.1, 0.15) is 5.75 Å². The van der Waals surface area contributed by atoms with E-state index in [1.54, 1.807) is 4.40 Å². The van der Waals surface area contributed by atoms with Crippen LogP contribution in [0.1, 0.15) is 18.1 Å². The maximum atomic E-state index is 13.0. The van der Waals surface area contributed by atoms with Gasteiger partial charge in [-0.15, -0.1) is 10.2 Å². The first-order valence-electron chi connectivity index (χ1n) is 8.36. The van der Waals surface area contributed by atoms with E-state index in [0.717, 1.165) is 22.4 Å². The molecule has 0 bridgehead atoms. The molecule has 2 aromatic carbocycles. The minimum atomic E-state index is -0.112. The lowest BCUT2D eigenvalue weighted by atomic mass is 10.1. The van der Waals surface area contributed by atoms with E-state index in [1.807, 2.05) is 68.5 Å². The van der Waals surface area contributed by atoms with Crippen LogP contribution in [0.5, 0.6) is 5.75 Å². The van der Waals surface area contributed by atoms with Crippen molar-refractivity contribution in [1.82, 2.24) is 14.6 Å². The summed E-state index contributed by atoms with van der Waals surface area (Å²) in [6, 6.07) is 15.5. The van der Waals surface area contributed by atoms with Crippen LogP contribution in [-0.2, 0) is 0 Å². The highest BCUT2D eigenvalue weighted by Crippen LogP contribution is 2.22. The highest BCUT2D eigenvalue weighted by molar-refractivity contribution is 7.15. The molecule has 0 fully saturated rings. The van der Waals surface area contributed by atoms with E-state index in [0.29, 0.717) is 21.9 Å². The second-order valence-electron chi connectivity index (χ2n) is 5.84. The van der Waals surface area contributed by atoms with Crippen LogP contribution in [0.15, 0.2) is 53.3 Å². The number of hydrogen-bond donors (Lipinski definition) is 0. The van der Waals surface area contributed by atoms with Crippen LogP contribution in [0.25, 0.3) is 22.4 Å². The van der Waals surface area contributed by atoms with E-state index in [4.69, 9.17) is 4.74 Å². The highest BCUT2D eigenvalue weighted by atomic mass is 32.1. The fourth-order valence-electron chi connectivity index (χ4n) is 2.89. The van der Waals surface area contributed by atoms with E-state index in [1.165, 1.54) is 11.3 Å². The van der Waals surface area contributed by atoms with E-state index >= 15 is 0 Å². The van der Waals surface area contributed by atoms with Crippen molar-refractivity contribution in [3.8, 4) is 17.1 Å². The van der Waals surface area contributed by atoms with Gasteiger partial charge in [0.2, 0.25) is 4.96 Å². The molecule has 0 radical (unpaired) electrons. The maximum absolute atomic E-state index is 13.0. The summed E-state index contributed by atoms with van der Waals surface area (Å²) in [5, 5.41) is 8.43. The number of aryl methyl sites for hydroxylation is 1. The SMILES string of the molecule is CCOc1ccccc1/C=c1\sc2nnc(-c3ccccc3C)n2c1=O. The molecule has 26 heavy (non-hydrogen) atoms. The number of hydrogen-bond acceptors (Lipinski definition) is 5. The molecular formula is C20H17N3O2S. The van der Waals surface area contributed by atoms with Gasteiger partial charge in [-0.3, -0.25) is 4.79 Å². The Kier molecular flexibility index (Phi) is 4.26. The number of fused-ring (bicyclic) bond motifs is 1. The van der Waals surface area contributed by atoms with Gasteiger partial charge in [-0.25, -0.2) is 4.40 Å². The van der Waals surface area contributed by atoms with Crippen LogP contribution in [0, 0.1) is 6.92 Å².